The molecule has 0 bridgehead atoms. The van der Waals surface area contributed by atoms with Crippen LogP contribution in [0.1, 0.15) is 24.0 Å². The molecule has 0 radical (unpaired) electrons. The van der Waals surface area contributed by atoms with Crippen LogP contribution in [0.2, 0.25) is 0 Å². The zero-order chi connectivity index (χ0) is 24.3. The minimum absolute atomic E-state index is 0.00653. The smallest absolute Gasteiger partial charge is 0.243 e. The number of hydrogen-bond donors (Lipinski definition) is 2. The Balaban J connectivity index is 1.21. The molecule has 10 heteroatoms. The van der Waals surface area contributed by atoms with E-state index in [0.717, 1.165) is 11.1 Å². The van der Waals surface area contributed by atoms with Crippen molar-refractivity contribution in [1.82, 2.24) is 9.62 Å². The number of ether oxygens (including phenoxy) is 3. The first-order valence-corrected chi connectivity index (χ1v) is 12.7. The molecule has 2 heterocycles. The third kappa shape index (κ3) is 5.45. The average molecular weight is 491 g/mol. The third-order valence-corrected chi connectivity index (χ3v) is 8.13. The molecule has 2 aromatic rings. The molecule has 9 nitrogen and oxygen atoms in total. The van der Waals surface area contributed by atoms with E-state index in [-0.39, 0.29) is 49.8 Å². The van der Waals surface area contributed by atoms with E-state index < -0.39 is 16.1 Å². The molecule has 2 aliphatic rings. The normalized spacial score (nSPS) is 17.4. The van der Waals surface area contributed by atoms with E-state index in [0.29, 0.717) is 30.1 Å². The maximum absolute atomic E-state index is 13.0. The van der Waals surface area contributed by atoms with Crippen molar-refractivity contribution in [3.8, 4) is 17.2 Å². The van der Waals surface area contributed by atoms with Crippen LogP contribution in [0, 0.1) is 19.8 Å². The maximum atomic E-state index is 13.0. The van der Waals surface area contributed by atoms with E-state index in [1.54, 1.807) is 30.3 Å². The van der Waals surface area contributed by atoms with Crippen LogP contribution >= 0.6 is 0 Å². The number of nitrogens with one attached hydrogen (secondary N) is 1. The van der Waals surface area contributed by atoms with Gasteiger partial charge in [-0.1, -0.05) is 6.07 Å². The van der Waals surface area contributed by atoms with E-state index >= 15 is 0 Å². The van der Waals surface area contributed by atoms with Gasteiger partial charge in [-0.15, -0.1) is 0 Å². The van der Waals surface area contributed by atoms with Gasteiger partial charge in [0, 0.05) is 31.6 Å². The van der Waals surface area contributed by atoms with Crippen LogP contribution in [0.5, 0.6) is 17.2 Å². The largest absolute Gasteiger partial charge is 0.491 e. The first-order valence-electron chi connectivity index (χ1n) is 11.3. The van der Waals surface area contributed by atoms with Gasteiger partial charge < -0.3 is 24.6 Å². The summed E-state index contributed by atoms with van der Waals surface area (Å²) in [5.74, 6) is 1.28. The van der Waals surface area contributed by atoms with Gasteiger partial charge in [-0.2, -0.15) is 4.31 Å². The predicted molar refractivity (Wildman–Crippen MR) is 124 cm³/mol. The Hall–Kier alpha value is -2.82. The van der Waals surface area contributed by atoms with Crippen molar-refractivity contribution < 1.29 is 32.5 Å². The van der Waals surface area contributed by atoms with Gasteiger partial charge in [-0.25, -0.2) is 8.42 Å². The van der Waals surface area contributed by atoms with Crippen LogP contribution in [-0.2, 0) is 14.8 Å². The van der Waals surface area contributed by atoms with Gasteiger partial charge in [0.25, 0.3) is 0 Å². The molecule has 184 valence electrons. The summed E-state index contributed by atoms with van der Waals surface area (Å²) in [6.45, 7) is 4.61. The number of amides is 1. The molecule has 0 saturated carbocycles. The van der Waals surface area contributed by atoms with Crippen LogP contribution in [0.25, 0.3) is 0 Å². The highest BCUT2D eigenvalue weighted by atomic mass is 32.2. The second-order valence-corrected chi connectivity index (χ2v) is 10.6. The second-order valence-electron chi connectivity index (χ2n) is 8.65. The number of aliphatic hydroxyl groups excluding tert-OH is 1. The molecule has 1 saturated heterocycles. The summed E-state index contributed by atoms with van der Waals surface area (Å²) in [4.78, 5) is 12.8. The Morgan fingerprint density at radius 2 is 1.85 bits per heavy atom. The summed E-state index contributed by atoms with van der Waals surface area (Å²) < 4.78 is 43.5. The van der Waals surface area contributed by atoms with Gasteiger partial charge in [0.15, 0.2) is 11.5 Å². The van der Waals surface area contributed by atoms with E-state index in [9.17, 15) is 18.3 Å². The zero-order valence-electron chi connectivity index (χ0n) is 19.3. The lowest BCUT2D eigenvalue weighted by atomic mass is 9.97. The van der Waals surface area contributed by atoms with Crippen LogP contribution < -0.4 is 19.5 Å². The third-order valence-electron chi connectivity index (χ3n) is 6.24. The second kappa shape index (κ2) is 10.2. The SMILES string of the molecule is Cc1ccc(S(=O)(=O)N2CCC(C(=O)NCC(O)COc3ccc4c(c3)OCO4)CC2)cc1C. The van der Waals surface area contributed by atoms with E-state index in [1.165, 1.54) is 4.31 Å². The number of aryl methyl sites for hydroxylation is 2. The van der Waals surface area contributed by atoms with Gasteiger partial charge >= 0.3 is 0 Å². The molecule has 1 atom stereocenters. The lowest BCUT2D eigenvalue weighted by Gasteiger charge is -2.30. The molecule has 34 heavy (non-hydrogen) atoms. The molecule has 4 rings (SSSR count). The monoisotopic (exact) mass is 490 g/mol. The number of rotatable bonds is 8. The van der Waals surface area contributed by atoms with E-state index in [1.807, 2.05) is 19.9 Å². The molecule has 2 aliphatic heterocycles. The van der Waals surface area contributed by atoms with Crippen LogP contribution in [-0.4, -0.2) is 62.9 Å². The van der Waals surface area contributed by atoms with Crippen LogP contribution in [0.4, 0.5) is 0 Å². The molecule has 1 fully saturated rings. The minimum Gasteiger partial charge on any atom is -0.491 e. The molecule has 0 aromatic heterocycles. The van der Waals surface area contributed by atoms with Crippen molar-refractivity contribution in [2.75, 3.05) is 33.0 Å². The van der Waals surface area contributed by atoms with Crippen molar-refractivity contribution in [1.29, 1.82) is 0 Å². The highest BCUT2D eigenvalue weighted by Gasteiger charge is 2.32. The van der Waals surface area contributed by atoms with E-state index in [2.05, 4.69) is 5.32 Å². The summed E-state index contributed by atoms with van der Waals surface area (Å²) in [6.07, 6.45) is -0.0287. The summed E-state index contributed by atoms with van der Waals surface area (Å²) >= 11 is 0. The van der Waals surface area contributed by atoms with Gasteiger partial charge in [0.05, 0.1) is 4.90 Å². The first kappa shape index (κ1) is 24.3. The minimum atomic E-state index is -3.59. The number of benzene rings is 2. The Bertz CT molecular complexity index is 1140. The highest BCUT2D eigenvalue weighted by molar-refractivity contribution is 7.89. The Labute approximate surface area is 199 Å². The number of fused-ring (bicyclic) bond motifs is 1. The molecule has 1 amide bonds. The van der Waals surface area contributed by atoms with Gasteiger partial charge in [-0.05, 0) is 62.1 Å². The summed E-state index contributed by atoms with van der Waals surface area (Å²) in [5.41, 5.74) is 1.97. The molecular weight excluding hydrogens is 460 g/mol. The number of carbonyl (C=O) groups is 1. The highest BCUT2D eigenvalue weighted by Crippen LogP contribution is 2.35. The molecule has 0 aliphatic carbocycles. The Morgan fingerprint density at radius 1 is 1.12 bits per heavy atom. The molecular formula is C24H30N2O7S. The Kier molecular flexibility index (Phi) is 7.30. The topological polar surface area (TPSA) is 114 Å². The standard InChI is InChI=1S/C24H30N2O7S/c1-16-3-5-21(11-17(16)2)34(29,30)26-9-7-18(8-10-26)24(28)25-13-19(27)14-31-20-4-6-22-23(12-20)33-15-32-22/h3-6,11-12,18-19,27H,7-10,13-15H2,1-2H3,(H,25,28). The van der Waals surface area contributed by atoms with Crippen molar-refractivity contribution in [3.05, 3.63) is 47.5 Å². The number of sulfonamides is 1. The van der Waals surface area contributed by atoms with Crippen molar-refractivity contribution in [3.63, 3.8) is 0 Å². The maximum Gasteiger partial charge on any atom is 0.243 e. The number of nitrogens with zero attached hydrogens (tertiary/aromatic N) is 1. The quantitative estimate of drug-likeness (QED) is 0.582. The fourth-order valence-electron chi connectivity index (χ4n) is 3.96. The molecule has 2 N–H and O–H groups in total. The van der Waals surface area contributed by atoms with Gasteiger partial charge in [-0.3, -0.25) is 4.79 Å². The lowest BCUT2D eigenvalue weighted by Crippen LogP contribution is -2.44. The fourth-order valence-corrected chi connectivity index (χ4v) is 5.52. The van der Waals surface area contributed by atoms with Gasteiger partial charge in [0.1, 0.15) is 18.5 Å². The fraction of sp³-hybridized carbons (Fsp3) is 0.458. The summed E-state index contributed by atoms with van der Waals surface area (Å²) in [6, 6.07) is 10.3. The zero-order valence-corrected chi connectivity index (χ0v) is 20.1. The molecule has 1 unspecified atom stereocenters. The Morgan fingerprint density at radius 3 is 2.59 bits per heavy atom. The van der Waals surface area contributed by atoms with Crippen LogP contribution in [0.3, 0.4) is 0 Å². The van der Waals surface area contributed by atoms with E-state index in [4.69, 9.17) is 14.2 Å². The first-order chi connectivity index (χ1) is 16.2. The van der Waals surface area contributed by atoms with Gasteiger partial charge in [0.2, 0.25) is 22.7 Å². The molecule has 0 spiro atoms. The summed E-state index contributed by atoms with van der Waals surface area (Å²) in [5, 5.41) is 12.9. The lowest BCUT2D eigenvalue weighted by molar-refractivity contribution is -0.126. The van der Waals surface area contributed by atoms with Crippen LogP contribution in [0.15, 0.2) is 41.3 Å². The predicted octanol–water partition coefficient (Wildman–Crippen LogP) is 1.99. The number of piperidine rings is 1. The number of aliphatic hydroxyl groups is 1. The number of carbonyl (C=O) groups excluding carboxylic acids is 1. The molecule has 2 aromatic carbocycles. The van der Waals surface area contributed by atoms with Crippen molar-refractivity contribution in [2.45, 2.75) is 37.7 Å². The average Bonchev–Trinajstić information content (AvgIpc) is 3.31. The summed E-state index contributed by atoms with van der Waals surface area (Å²) in [7, 11) is -3.59. The number of hydrogen-bond acceptors (Lipinski definition) is 7. The van der Waals surface area contributed by atoms with Crippen molar-refractivity contribution >= 4 is 15.9 Å². The van der Waals surface area contributed by atoms with Crippen molar-refractivity contribution in [2.24, 2.45) is 5.92 Å².